The van der Waals surface area contributed by atoms with E-state index >= 15 is 0 Å². The molecule has 0 atom stereocenters. The van der Waals surface area contributed by atoms with E-state index in [-0.39, 0.29) is 29.9 Å². The summed E-state index contributed by atoms with van der Waals surface area (Å²) < 4.78 is 5.36. The molecule has 1 aromatic carbocycles. The van der Waals surface area contributed by atoms with Crippen molar-refractivity contribution in [2.24, 2.45) is 10.4 Å². The third-order valence-corrected chi connectivity index (χ3v) is 6.53. The van der Waals surface area contributed by atoms with E-state index in [1.54, 1.807) is 7.11 Å². The highest BCUT2D eigenvalue weighted by Crippen LogP contribution is 2.40. The number of carbonyl (C=O) groups excluding carboxylic acids is 1. The molecule has 0 unspecified atom stereocenters. The first kappa shape index (κ1) is 25.9. The number of nitrogens with one attached hydrogen (secondary N) is 2. The molecular formula is C24H39IN4O2. The number of nitrogens with zero attached hydrogens (tertiary/aromatic N) is 2. The van der Waals surface area contributed by atoms with Crippen LogP contribution in [0.3, 0.4) is 0 Å². The highest BCUT2D eigenvalue weighted by molar-refractivity contribution is 14.0. The van der Waals surface area contributed by atoms with Gasteiger partial charge in [-0.05, 0) is 49.1 Å². The summed E-state index contributed by atoms with van der Waals surface area (Å²) in [4.78, 5) is 18.9. The summed E-state index contributed by atoms with van der Waals surface area (Å²) in [6.07, 6.45) is 7.88. The fraction of sp³-hybridized carbons (Fsp3) is 0.667. The van der Waals surface area contributed by atoms with E-state index < -0.39 is 0 Å². The monoisotopic (exact) mass is 542 g/mol. The second kappa shape index (κ2) is 13.3. The molecule has 1 aliphatic heterocycles. The summed E-state index contributed by atoms with van der Waals surface area (Å²) in [6, 6.07) is 8.35. The maximum absolute atomic E-state index is 12.0. The van der Waals surface area contributed by atoms with Crippen LogP contribution >= 0.6 is 24.0 Å². The van der Waals surface area contributed by atoms with Crippen molar-refractivity contribution >= 4 is 35.8 Å². The Hall–Kier alpha value is -1.35. The summed E-state index contributed by atoms with van der Waals surface area (Å²) in [5.41, 5.74) is 2.70. The number of hydrogen-bond acceptors (Lipinski definition) is 3. The van der Waals surface area contributed by atoms with Gasteiger partial charge in [0.1, 0.15) is 0 Å². The lowest BCUT2D eigenvalue weighted by Gasteiger charge is -2.30. The summed E-state index contributed by atoms with van der Waals surface area (Å²) >= 11 is 0. The van der Waals surface area contributed by atoms with Crippen LogP contribution in [0.5, 0.6) is 0 Å². The van der Waals surface area contributed by atoms with Gasteiger partial charge in [-0.25, -0.2) is 4.99 Å². The van der Waals surface area contributed by atoms with Crippen LogP contribution in [0.4, 0.5) is 0 Å². The number of likely N-dealkylation sites (tertiary alicyclic amines) is 1. The SMILES string of the molecule is CCNC(=NCc1ccccc1CN1CCCC1=O)NCC1(CCOC)CCCC1.I. The van der Waals surface area contributed by atoms with Crippen LogP contribution in [0.15, 0.2) is 29.3 Å². The standard InChI is InChI=1S/C24H38N4O2.HI/c1-3-25-23(27-19-24(14-16-30-2)12-6-7-13-24)26-17-20-9-4-5-10-21(20)18-28-15-8-11-22(28)29;/h4-5,9-10H,3,6-8,11-19H2,1-2H3,(H2,25,26,27);1H. The molecule has 0 aromatic heterocycles. The van der Waals surface area contributed by atoms with Gasteiger partial charge in [-0.2, -0.15) is 0 Å². The Morgan fingerprint density at radius 2 is 1.90 bits per heavy atom. The van der Waals surface area contributed by atoms with Crippen molar-refractivity contribution < 1.29 is 9.53 Å². The number of ether oxygens (including phenoxy) is 1. The van der Waals surface area contributed by atoms with Gasteiger partial charge in [0.25, 0.3) is 0 Å². The molecule has 1 heterocycles. The van der Waals surface area contributed by atoms with Crippen LogP contribution in [0.25, 0.3) is 0 Å². The van der Waals surface area contributed by atoms with Gasteiger partial charge in [0.05, 0.1) is 6.54 Å². The van der Waals surface area contributed by atoms with Gasteiger partial charge in [-0.1, -0.05) is 37.1 Å². The summed E-state index contributed by atoms with van der Waals surface area (Å²) in [7, 11) is 1.79. The number of rotatable bonds is 10. The molecule has 2 fully saturated rings. The number of benzene rings is 1. The van der Waals surface area contributed by atoms with Gasteiger partial charge in [0, 0.05) is 46.3 Å². The molecule has 3 rings (SSSR count). The maximum Gasteiger partial charge on any atom is 0.222 e. The second-order valence-electron chi connectivity index (χ2n) is 8.69. The van der Waals surface area contributed by atoms with Gasteiger partial charge < -0.3 is 20.3 Å². The molecule has 7 heteroatoms. The number of halogens is 1. The zero-order chi connectivity index (χ0) is 21.2. The minimum absolute atomic E-state index is 0. The fourth-order valence-electron chi connectivity index (χ4n) is 4.68. The molecule has 1 aromatic rings. The molecular weight excluding hydrogens is 503 g/mol. The number of methoxy groups -OCH3 is 1. The van der Waals surface area contributed by atoms with Crippen LogP contribution in [0.2, 0.25) is 0 Å². The van der Waals surface area contributed by atoms with Gasteiger partial charge in [0.15, 0.2) is 5.96 Å². The largest absolute Gasteiger partial charge is 0.385 e. The van der Waals surface area contributed by atoms with Crippen molar-refractivity contribution in [2.45, 2.75) is 65.0 Å². The Labute approximate surface area is 204 Å². The zero-order valence-electron chi connectivity index (χ0n) is 19.1. The van der Waals surface area contributed by atoms with E-state index in [0.29, 0.717) is 24.9 Å². The van der Waals surface area contributed by atoms with E-state index in [1.807, 2.05) is 11.0 Å². The number of carbonyl (C=O) groups is 1. The van der Waals surface area contributed by atoms with Crippen LogP contribution in [-0.4, -0.2) is 50.1 Å². The van der Waals surface area contributed by atoms with E-state index in [9.17, 15) is 4.79 Å². The molecule has 1 saturated carbocycles. The Morgan fingerprint density at radius 1 is 1.16 bits per heavy atom. The van der Waals surface area contributed by atoms with Crippen LogP contribution in [0, 0.1) is 5.41 Å². The predicted octanol–water partition coefficient (Wildman–Crippen LogP) is 4.08. The average molecular weight is 543 g/mol. The maximum atomic E-state index is 12.0. The van der Waals surface area contributed by atoms with Gasteiger partial charge in [-0.3, -0.25) is 4.79 Å². The van der Waals surface area contributed by atoms with Crippen molar-refractivity contribution in [2.75, 3.05) is 33.4 Å². The molecule has 0 spiro atoms. The van der Waals surface area contributed by atoms with Crippen molar-refractivity contribution in [3.8, 4) is 0 Å². The lowest BCUT2D eigenvalue weighted by atomic mass is 9.83. The normalized spacial score (nSPS) is 18.2. The predicted molar refractivity (Wildman–Crippen MR) is 137 cm³/mol. The molecule has 0 bridgehead atoms. The fourth-order valence-corrected chi connectivity index (χ4v) is 4.68. The third kappa shape index (κ3) is 7.63. The molecule has 31 heavy (non-hydrogen) atoms. The third-order valence-electron chi connectivity index (χ3n) is 6.53. The van der Waals surface area contributed by atoms with E-state index in [2.05, 4.69) is 35.8 Å². The number of guanidine groups is 1. The molecule has 1 aliphatic carbocycles. The smallest absolute Gasteiger partial charge is 0.222 e. The lowest BCUT2D eigenvalue weighted by Crippen LogP contribution is -2.43. The molecule has 0 radical (unpaired) electrons. The summed E-state index contributed by atoms with van der Waals surface area (Å²) in [5, 5.41) is 6.99. The summed E-state index contributed by atoms with van der Waals surface area (Å²) in [5.74, 6) is 1.13. The van der Waals surface area contributed by atoms with Crippen LogP contribution in [-0.2, 0) is 22.6 Å². The number of hydrogen-bond donors (Lipinski definition) is 2. The molecule has 2 N–H and O–H groups in total. The van der Waals surface area contributed by atoms with Crippen LogP contribution in [0.1, 0.15) is 63.0 Å². The topological polar surface area (TPSA) is 66.0 Å². The zero-order valence-corrected chi connectivity index (χ0v) is 21.5. The highest BCUT2D eigenvalue weighted by Gasteiger charge is 2.33. The minimum Gasteiger partial charge on any atom is -0.385 e. The van der Waals surface area contributed by atoms with Gasteiger partial charge >= 0.3 is 0 Å². The van der Waals surface area contributed by atoms with Crippen molar-refractivity contribution in [3.05, 3.63) is 35.4 Å². The van der Waals surface area contributed by atoms with Gasteiger partial charge in [-0.15, -0.1) is 24.0 Å². The first-order valence-electron chi connectivity index (χ1n) is 11.5. The Morgan fingerprint density at radius 3 is 2.55 bits per heavy atom. The molecule has 6 nitrogen and oxygen atoms in total. The number of amides is 1. The van der Waals surface area contributed by atoms with E-state index in [4.69, 9.17) is 9.73 Å². The minimum atomic E-state index is 0. The molecule has 1 saturated heterocycles. The lowest BCUT2D eigenvalue weighted by molar-refractivity contribution is -0.128. The van der Waals surface area contributed by atoms with Gasteiger partial charge in [0.2, 0.25) is 5.91 Å². The Kier molecular flexibility index (Phi) is 11.1. The van der Waals surface area contributed by atoms with Crippen molar-refractivity contribution in [3.63, 3.8) is 0 Å². The Balaban J connectivity index is 0.00000341. The summed E-state index contributed by atoms with van der Waals surface area (Å²) in [6.45, 7) is 6.85. The molecule has 174 valence electrons. The quantitative estimate of drug-likeness (QED) is 0.266. The molecule has 1 amide bonds. The molecule has 2 aliphatic rings. The highest BCUT2D eigenvalue weighted by atomic mass is 127. The van der Waals surface area contributed by atoms with E-state index in [0.717, 1.165) is 45.0 Å². The second-order valence-corrected chi connectivity index (χ2v) is 8.69. The average Bonchev–Trinajstić information content (AvgIpc) is 3.39. The van der Waals surface area contributed by atoms with Crippen molar-refractivity contribution in [1.29, 1.82) is 0 Å². The van der Waals surface area contributed by atoms with Crippen molar-refractivity contribution in [1.82, 2.24) is 15.5 Å². The van der Waals surface area contributed by atoms with E-state index in [1.165, 1.54) is 36.8 Å². The first-order chi connectivity index (χ1) is 14.7. The number of aliphatic imine (C=N–C) groups is 1. The Bertz CT molecular complexity index is 719. The van der Waals surface area contributed by atoms with Crippen LogP contribution < -0.4 is 10.6 Å². The first-order valence-corrected chi connectivity index (χ1v) is 11.5.